The molecule has 6 heteroatoms. The predicted molar refractivity (Wildman–Crippen MR) is 112 cm³/mol. The van der Waals surface area contributed by atoms with Gasteiger partial charge >= 0.3 is 0 Å². The Bertz CT molecular complexity index is 1000. The zero-order valence-corrected chi connectivity index (χ0v) is 16.6. The Morgan fingerprint density at radius 3 is 2.71 bits per heavy atom. The number of aliphatic imine (C=N–C) groups is 1. The van der Waals surface area contributed by atoms with E-state index in [1.54, 1.807) is 7.11 Å². The Labute approximate surface area is 168 Å². The average Bonchev–Trinajstić information content (AvgIpc) is 3.28. The summed E-state index contributed by atoms with van der Waals surface area (Å²) in [5.74, 6) is 1.08. The molecule has 2 heterocycles. The largest absolute Gasteiger partial charge is 0.497 e. The number of benzene rings is 2. The maximum Gasteiger partial charge on any atom is 0.261 e. The summed E-state index contributed by atoms with van der Waals surface area (Å²) >= 11 is 1.50. The molecular weight excluding hydrogens is 370 g/mol. The molecule has 2 aliphatic heterocycles. The minimum Gasteiger partial charge on any atom is -0.497 e. The third kappa shape index (κ3) is 2.75. The highest BCUT2D eigenvalue weighted by Crippen LogP contribution is 2.45. The van der Waals surface area contributed by atoms with E-state index in [-0.39, 0.29) is 23.1 Å². The summed E-state index contributed by atoms with van der Waals surface area (Å²) in [5.41, 5.74) is 4.75. The molecule has 3 atom stereocenters. The molecule has 0 spiro atoms. The number of amides is 1. The second-order valence-electron chi connectivity index (χ2n) is 7.35. The number of amidine groups is 1. The molecule has 1 amide bonds. The lowest BCUT2D eigenvalue weighted by atomic mass is 9.77. The van der Waals surface area contributed by atoms with Crippen LogP contribution < -0.4 is 4.74 Å². The number of aryl methyl sites for hydroxylation is 1. The van der Waals surface area contributed by atoms with E-state index in [1.807, 2.05) is 24.1 Å². The fourth-order valence-electron chi connectivity index (χ4n) is 4.30. The van der Waals surface area contributed by atoms with Gasteiger partial charge in [0, 0.05) is 11.5 Å². The molecule has 28 heavy (non-hydrogen) atoms. The Morgan fingerprint density at radius 1 is 1.18 bits per heavy atom. The second kappa shape index (κ2) is 6.78. The Kier molecular flexibility index (Phi) is 4.23. The molecule has 0 fully saturated rings. The summed E-state index contributed by atoms with van der Waals surface area (Å²) in [7, 11) is 1.70. The summed E-state index contributed by atoms with van der Waals surface area (Å²) in [4.78, 5) is 16.4. The third-order valence-corrected chi connectivity index (χ3v) is 6.74. The summed E-state index contributed by atoms with van der Waals surface area (Å²) in [6.07, 6.45) is 2.00. The lowest BCUT2D eigenvalue weighted by molar-refractivity contribution is -0.116. The van der Waals surface area contributed by atoms with E-state index in [1.165, 1.54) is 28.5 Å². The van der Waals surface area contributed by atoms with E-state index in [9.17, 15) is 4.79 Å². The van der Waals surface area contributed by atoms with Crippen molar-refractivity contribution in [2.24, 2.45) is 16.0 Å². The Hall–Kier alpha value is -2.60. The molecule has 3 aliphatic rings. The molecular formula is C22H21N3O2S. The molecule has 1 aliphatic carbocycles. The Morgan fingerprint density at radius 2 is 2.00 bits per heavy atom. The lowest BCUT2D eigenvalue weighted by Gasteiger charge is -2.30. The van der Waals surface area contributed by atoms with Crippen LogP contribution in [0.5, 0.6) is 5.75 Å². The maximum atomic E-state index is 12.1. The number of ether oxygens (including phenoxy) is 1. The summed E-state index contributed by atoms with van der Waals surface area (Å²) in [6.45, 7) is 1.90. The first-order chi connectivity index (χ1) is 13.7. The van der Waals surface area contributed by atoms with Crippen LogP contribution in [0, 0.1) is 5.92 Å². The summed E-state index contributed by atoms with van der Waals surface area (Å²) in [5, 5.41) is 7.57. The number of methoxy groups -OCH3 is 1. The van der Waals surface area contributed by atoms with E-state index in [0.717, 1.165) is 24.3 Å². The number of fused-ring (bicyclic) bond motifs is 3. The first kappa shape index (κ1) is 17.5. The van der Waals surface area contributed by atoms with Gasteiger partial charge in [-0.15, -0.1) is 0 Å². The van der Waals surface area contributed by atoms with Gasteiger partial charge in [-0.3, -0.25) is 4.79 Å². The van der Waals surface area contributed by atoms with Gasteiger partial charge < -0.3 is 4.74 Å². The van der Waals surface area contributed by atoms with Crippen molar-refractivity contribution in [3.8, 4) is 5.75 Å². The van der Waals surface area contributed by atoms with Crippen molar-refractivity contribution in [1.82, 2.24) is 5.01 Å². The van der Waals surface area contributed by atoms with Crippen molar-refractivity contribution < 1.29 is 9.53 Å². The van der Waals surface area contributed by atoms with Crippen LogP contribution in [0.4, 0.5) is 0 Å². The van der Waals surface area contributed by atoms with Crippen molar-refractivity contribution >= 4 is 28.5 Å². The quantitative estimate of drug-likeness (QED) is 0.775. The molecule has 5 nitrogen and oxygen atoms in total. The van der Waals surface area contributed by atoms with Gasteiger partial charge in [-0.2, -0.15) is 10.1 Å². The smallest absolute Gasteiger partial charge is 0.261 e. The van der Waals surface area contributed by atoms with Crippen LogP contribution in [0.2, 0.25) is 0 Å². The van der Waals surface area contributed by atoms with Crippen LogP contribution in [0.1, 0.15) is 36.1 Å². The van der Waals surface area contributed by atoms with E-state index < -0.39 is 0 Å². The predicted octanol–water partition coefficient (Wildman–Crippen LogP) is 4.04. The maximum absolute atomic E-state index is 12.1. The van der Waals surface area contributed by atoms with E-state index in [4.69, 9.17) is 9.84 Å². The van der Waals surface area contributed by atoms with Crippen LogP contribution in [0.3, 0.4) is 0 Å². The number of rotatable bonds is 2. The molecule has 2 aromatic carbocycles. The fraction of sp³-hybridized carbons (Fsp3) is 0.318. The lowest BCUT2D eigenvalue weighted by Crippen LogP contribution is -2.30. The zero-order valence-electron chi connectivity index (χ0n) is 15.8. The van der Waals surface area contributed by atoms with Gasteiger partial charge in [-0.05, 0) is 49.1 Å². The SMILES string of the molecule is COc1ccc2c(c1)CC[C@@H]1C2=NN(C2=NC(=O)C(C)S2)[C@@H]1c1ccccc1. The van der Waals surface area contributed by atoms with Crippen molar-refractivity contribution in [3.05, 3.63) is 65.2 Å². The number of hydrogen-bond donors (Lipinski definition) is 0. The molecule has 0 saturated carbocycles. The van der Waals surface area contributed by atoms with Crippen LogP contribution >= 0.6 is 11.8 Å². The summed E-state index contributed by atoms with van der Waals surface area (Å²) < 4.78 is 5.40. The number of carbonyl (C=O) groups excluding carboxylic acids is 1. The van der Waals surface area contributed by atoms with Crippen LogP contribution in [0.15, 0.2) is 58.6 Å². The van der Waals surface area contributed by atoms with Gasteiger partial charge in [0.25, 0.3) is 5.91 Å². The molecule has 1 unspecified atom stereocenters. The number of carbonyl (C=O) groups is 1. The average molecular weight is 391 g/mol. The van der Waals surface area contributed by atoms with Crippen molar-refractivity contribution in [2.75, 3.05) is 7.11 Å². The molecule has 0 radical (unpaired) electrons. The molecule has 5 rings (SSSR count). The van der Waals surface area contributed by atoms with Gasteiger partial charge in [0.15, 0.2) is 5.17 Å². The monoisotopic (exact) mass is 391 g/mol. The normalized spacial score (nSPS) is 25.9. The van der Waals surface area contributed by atoms with Gasteiger partial charge in [-0.1, -0.05) is 42.1 Å². The molecule has 2 aromatic rings. The van der Waals surface area contributed by atoms with E-state index in [0.29, 0.717) is 5.17 Å². The van der Waals surface area contributed by atoms with Crippen LogP contribution in [0.25, 0.3) is 0 Å². The van der Waals surface area contributed by atoms with Gasteiger partial charge in [0.05, 0.1) is 24.1 Å². The van der Waals surface area contributed by atoms with Crippen molar-refractivity contribution in [1.29, 1.82) is 0 Å². The minimum absolute atomic E-state index is 0.0656. The van der Waals surface area contributed by atoms with Gasteiger partial charge in [0.1, 0.15) is 5.75 Å². The molecule has 0 N–H and O–H groups in total. The number of hydrogen-bond acceptors (Lipinski definition) is 5. The zero-order chi connectivity index (χ0) is 19.3. The summed E-state index contributed by atoms with van der Waals surface area (Å²) in [6, 6.07) is 16.7. The molecule has 0 aromatic heterocycles. The third-order valence-electron chi connectivity index (χ3n) is 5.70. The topological polar surface area (TPSA) is 54.3 Å². The van der Waals surface area contributed by atoms with Crippen molar-refractivity contribution in [3.63, 3.8) is 0 Å². The number of nitrogens with zero attached hydrogens (tertiary/aromatic N) is 3. The number of thioether (sulfide) groups is 1. The van der Waals surface area contributed by atoms with Gasteiger partial charge in [0.2, 0.25) is 0 Å². The molecule has 0 bridgehead atoms. The Balaban J connectivity index is 1.61. The fourth-order valence-corrected chi connectivity index (χ4v) is 5.17. The van der Waals surface area contributed by atoms with E-state index in [2.05, 4.69) is 41.4 Å². The first-order valence-electron chi connectivity index (χ1n) is 9.55. The first-order valence-corrected chi connectivity index (χ1v) is 10.4. The highest BCUT2D eigenvalue weighted by molar-refractivity contribution is 8.15. The highest BCUT2D eigenvalue weighted by atomic mass is 32.2. The minimum atomic E-state index is -0.147. The standard InChI is InChI=1S/C22H21N3O2S/c1-13-21(26)23-22(28-13)25-20(14-6-4-3-5-7-14)18-10-8-15-12-16(27-2)9-11-17(15)19(18)24-25/h3-7,9,11-13,18,20H,8,10H2,1-2H3/t13?,18-,20-/m1/s1. The number of hydrazone groups is 1. The second-order valence-corrected chi connectivity index (χ2v) is 8.65. The molecule has 0 saturated heterocycles. The van der Waals surface area contributed by atoms with E-state index >= 15 is 0 Å². The van der Waals surface area contributed by atoms with Crippen LogP contribution in [-0.2, 0) is 11.2 Å². The van der Waals surface area contributed by atoms with Gasteiger partial charge in [-0.25, -0.2) is 5.01 Å². The van der Waals surface area contributed by atoms with Crippen molar-refractivity contribution in [2.45, 2.75) is 31.1 Å². The highest BCUT2D eigenvalue weighted by Gasteiger charge is 2.45. The molecule has 142 valence electrons. The van der Waals surface area contributed by atoms with Crippen LogP contribution in [-0.4, -0.2) is 34.2 Å².